The van der Waals surface area contributed by atoms with Crippen molar-refractivity contribution in [2.75, 3.05) is 39.9 Å². The van der Waals surface area contributed by atoms with Crippen LogP contribution in [-0.2, 0) is 4.74 Å². The molecular weight excluding hydrogens is 212 g/mol. The summed E-state index contributed by atoms with van der Waals surface area (Å²) < 4.78 is 5.41. The van der Waals surface area contributed by atoms with Crippen molar-refractivity contribution < 1.29 is 4.74 Å². The van der Waals surface area contributed by atoms with E-state index in [0.29, 0.717) is 0 Å². The largest absolute Gasteiger partial charge is 0.381 e. The van der Waals surface area contributed by atoms with Crippen molar-refractivity contribution in [2.24, 2.45) is 23.5 Å². The van der Waals surface area contributed by atoms with Crippen molar-refractivity contribution in [3.8, 4) is 0 Å². The van der Waals surface area contributed by atoms with E-state index in [0.717, 1.165) is 37.5 Å². The van der Waals surface area contributed by atoms with Crippen LogP contribution in [0.5, 0.6) is 0 Å². The van der Waals surface area contributed by atoms with E-state index in [1.54, 1.807) is 0 Å². The highest BCUT2D eigenvalue weighted by atomic mass is 16.5. The molecule has 1 aliphatic heterocycles. The van der Waals surface area contributed by atoms with Crippen LogP contribution in [0, 0.1) is 17.8 Å². The fourth-order valence-electron chi connectivity index (χ4n) is 3.51. The predicted octanol–water partition coefficient (Wildman–Crippen LogP) is 1.72. The summed E-state index contributed by atoms with van der Waals surface area (Å²) >= 11 is 0. The SMILES string of the molecule is CN(CC1CCOCC1)CC1CCCC1CN. The second-order valence-electron chi connectivity index (χ2n) is 5.96. The average Bonchev–Trinajstić information content (AvgIpc) is 2.77. The van der Waals surface area contributed by atoms with Crippen LogP contribution >= 0.6 is 0 Å². The highest BCUT2D eigenvalue weighted by molar-refractivity contribution is 4.80. The van der Waals surface area contributed by atoms with E-state index in [9.17, 15) is 0 Å². The second kappa shape index (κ2) is 6.72. The van der Waals surface area contributed by atoms with Gasteiger partial charge < -0.3 is 15.4 Å². The van der Waals surface area contributed by atoms with Gasteiger partial charge in [0.1, 0.15) is 0 Å². The summed E-state index contributed by atoms with van der Waals surface area (Å²) in [4.78, 5) is 2.54. The number of nitrogens with zero attached hydrogens (tertiary/aromatic N) is 1. The molecule has 0 aromatic rings. The van der Waals surface area contributed by atoms with E-state index in [1.807, 2.05) is 0 Å². The Hall–Kier alpha value is -0.120. The lowest BCUT2D eigenvalue weighted by atomic mass is 9.94. The van der Waals surface area contributed by atoms with E-state index in [-0.39, 0.29) is 0 Å². The maximum absolute atomic E-state index is 5.85. The number of hydrogen-bond donors (Lipinski definition) is 1. The normalized spacial score (nSPS) is 31.2. The molecule has 17 heavy (non-hydrogen) atoms. The van der Waals surface area contributed by atoms with Gasteiger partial charge in [-0.1, -0.05) is 6.42 Å². The Morgan fingerprint density at radius 1 is 1.06 bits per heavy atom. The van der Waals surface area contributed by atoms with Crippen molar-refractivity contribution in [3.05, 3.63) is 0 Å². The monoisotopic (exact) mass is 240 g/mol. The van der Waals surface area contributed by atoms with Crippen LogP contribution in [0.1, 0.15) is 32.1 Å². The van der Waals surface area contributed by atoms with Gasteiger partial charge in [-0.2, -0.15) is 0 Å². The molecule has 1 saturated heterocycles. The van der Waals surface area contributed by atoms with Gasteiger partial charge in [0.2, 0.25) is 0 Å². The lowest BCUT2D eigenvalue weighted by molar-refractivity contribution is 0.0533. The van der Waals surface area contributed by atoms with Crippen molar-refractivity contribution in [1.82, 2.24) is 4.90 Å². The fourth-order valence-corrected chi connectivity index (χ4v) is 3.51. The quantitative estimate of drug-likeness (QED) is 0.795. The molecule has 3 heteroatoms. The summed E-state index contributed by atoms with van der Waals surface area (Å²) in [5.41, 5.74) is 5.85. The Bertz CT molecular complexity index is 216. The van der Waals surface area contributed by atoms with E-state index in [4.69, 9.17) is 10.5 Å². The number of ether oxygens (including phenoxy) is 1. The third kappa shape index (κ3) is 3.94. The zero-order valence-corrected chi connectivity index (χ0v) is 11.2. The van der Waals surface area contributed by atoms with Gasteiger partial charge in [-0.3, -0.25) is 0 Å². The summed E-state index contributed by atoms with van der Waals surface area (Å²) in [6, 6.07) is 0. The Labute approximate surface area is 106 Å². The van der Waals surface area contributed by atoms with Gasteiger partial charge in [-0.15, -0.1) is 0 Å². The number of hydrogen-bond acceptors (Lipinski definition) is 3. The van der Waals surface area contributed by atoms with Crippen molar-refractivity contribution in [3.63, 3.8) is 0 Å². The van der Waals surface area contributed by atoms with Crippen LogP contribution in [0.25, 0.3) is 0 Å². The zero-order valence-electron chi connectivity index (χ0n) is 11.2. The molecule has 0 aromatic heterocycles. The molecule has 1 saturated carbocycles. The minimum atomic E-state index is 0.784. The van der Waals surface area contributed by atoms with Crippen LogP contribution in [0.15, 0.2) is 0 Å². The Morgan fingerprint density at radius 2 is 1.76 bits per heavy atom. The first-order valence-corrected chi connectivity index (χ1v) is 7.26. The van der Waals surface area contributed by atoms with Crippen LogP contribution in [-0.4, -0.2) is 44.8 Å². The minimum absolute atomic E-state index is 0.784. The molecule has 0 bridgehead atoms. The van der Waals surface area contributed by atoms with Crippen molar-refractivity contribution in [1.29, 1.82) is 0 Å². The first-order chi connectivity index (χ1) is 8.29. The summed E-state index contributed by atoms with van der Waals surface area (Å²) in [7, 11) is 2.28. The van der Waals surface area contributed by atoms with Gasteiger partial charge in [0.15, 0.2) is 0 Å². The lowest BCUT2D eigenvalue weighted by Gasteiger charge is -2.30. The van der Waals surface area contributed by atoms with Crippen LogP contribution < -0.4 is 5.73 Å². The molecule has 2 rings (SSSR count). The summed E-state index contributed by atoms with van der Waals surface area (Å²) in [5, 5.41) is 0. The Balaban J connectivity index is 1.70. The molecule has 2 fully saturated rings. The molecule has 100 valence electrons. The maximum atomic E-state index is 5.85. The number of rotatable bonds is 5. The molecule has 2 aliphatic rings. The summed E-state index contributed by atoms with van der Waals surface area (Å²) in [6.07, 6.45) is 6.62. The topological polar surface area (TPSA) is 38.5 Å². The summed E-state index contributed by atoms with van der Waals surface area (Å²) in [5.74, 6) is 2.49. The van der Waals surface area contributed by atoms with E-state index < -0.39 is 0 Å². The molecule has 2 atom stereocenters. The maximum Gasteiger partial charge on any atom is 0.0469 e. The molecule has 2 N–H and O–H groups in total. The van der Waals surface area contributed by atoms with Crippen LogP contribution in [0.4, 0.5) is 0 Å². The first kappa shape index (κ1) is 13.3. The third-order valence-electron chi connectivity index (χ3n) is 4.58. The Morgan fingerprint density at radius 3 is 2.47 bits per heavy atom. The minimum Gasteiger partial charge on any atom is -0.381 e. The van der Waals surface area contributed by atoms with Gasteiger partial charge in [0, 0.05) is 26.3 Å². The fraction of sp³-hybridized carbons (Fsp3) is 1.00. The number of nitrogens with two attached hydrogens (primary N) is 1. The zero-order chi connectivity index (χ0) is 12.1. The average molecular weight is 240 g/mol. The van der Waals surface area contributed by atoms with Crippen LogP contribution in [0.3, 0.4) is 0 Å². The Kier molecular flexibility index (Phi) is 5.26. The van der Waals surface area contributed by atoms with Gasteiger partial charge in [0.05, 0.1) is 0 Å². The highest BCUT2D eigenvalue weighted by Crippen LogP contribution is 2.31. The molecule has 3 nitrogen and oxygen atoms in total. The molecule has 0 radical (unpaired) electrons. The van der Waals surface area contributed by atoms with E-state index in [1.165, 1.54) is 45.2 Å². The van der Waals surface area contributed by atoms with Crippen LogP contribution in [0.2, 0.25) is 0 Å². The van der Waals surface area contributed by atoms with E-state index in [2.05, 4.69) is 11.9 Å². The molecule has 2 unspecified atom stereocenters. The lowest BCUT2D eigenvalue weighted by Crippen LogP contribution is -2.35. The first-order valence-electron chi connectivity index (χ1n) is 7.26. The molecule has 1 aliphatic carbocycles. The van der Waals surface area contributed by atoms with E-state index >= 15 is 0 Å². The van der Waals surface area contributed by atoms with Gasteiger partial charge >= 0.3 is 0 Å². The van der Waals surface area contributed by atoms with Gasteiger partial charge in [0.25, 0.3) is 0 Å². The van der Waals surface area contributed by atoms with Gasteiger partial charge in [-0.25, -0.2) is 0 Å². The second-order valence-corrected chi connectivity index (χ2v) is 5.96. The smallest absolute Gasteiger partial charge is 0.0469 e. The standard InChI is InChI=1S/C14H28N2O/c1-16(10-12-5-7-17-8-6-12)11-14-4-2-3-13(14)9-15/h12-14H,2-11,15H2,1H3. The summed E-state index contributed by atoms with van der Waals surface area (Å²) in [6.45, 7) is 5.31. The molecule has 0 amide bonds. The molecule has 1 heterocycles. The molecule has 0 spiro atoms. The predicted molar refractivity (Wildman–Crippen MR) is 70.9 cm³/mol. The van der Waals surface area contributed by atoms with Crippen molar-refractivity contribution in [2.45, 2.75) is 32.1 Å². The van der Waals surface area contributed by atoms with Gasteiger partial charge in [-0.05, 0) is 57.0 Å². The van der Waals surface area contributed by atoms with Crippen molar-refractivity contribution >= 4 is 0 Å². The molecular formula is C14H28N2O. The highest BCUT2D eigenvalue weighted by Gasteiger charge is 2.27. The molecule has 0 aromatic carbocycles. The third-order valence-corrected chi connectivity index (χ3v) is 4.58.